The second kappa shape index (κ2) is 6.52. The number of nitrogens with one attached hydrogen (secondary N) is 1. The van der Waals surface area contributed by atoms with Crippen LogP contribution in [-0.4, -0.2) is 24.4 Å². The highest BCUT2D eigenvalue weighted by Crippen LogP contribution is 2.24. The zero-order valence-electron chi connectivity index (χ0n) is 11.8. The van der Waals surface area contributed by atoms with Gasteiger partial charge in [-0.25, -0.2) is 0 Å². The van der Waals surface area contributed by atoms with Gasteiger partial charge in [0.1, 0.15) is 0 Å². The van der Waals surface area contributed by atoms with Crippen molar-refractivity contribution in [2.24, 2.45) is 5.73 Å². The Labute approximate surface area is 119 Å². The fourth-order valence-corrected chi connectivity index (χ4v) is 2.35. The van der Waals surface area contributed by atoms with E-state index in [1.165, 1.54) is 0 Å². The van der Waals surface area contributed by atoms with Gasteiger partial charge in [0.05, 0.1) is 6.04 Å². The zero-order valence-corrected chi connectivity index (χ0v) is 11.8. The van der Waals surface area contributed by atoms with Crippen LogP contribution in [0.3, 0.4) is 0 Å². The van der Waals surface area contributed by atoms with E-state index in [0.29, 0.717) is 18.5 Å². The van der Waals surface area contributed by atoms with Crippen LogP contribution in [0.5, 0.6) is 0 Å². The van der Waals surface area contributed by atoms with Gasteiger partial charge < -0.3 is 16.0 Å². The van der Waals surface area contributed by atoms with Crippen LogP contribution in [0, 0.1) is 0 Å². The van der Waals surface area contributed by atoms with Crippen LogP contribution < -0.4 is 16.0 Å². The SMILES string of the molecule is CCC[C@@H](N)C(=O)Nc1cccc(N2CCCC2=O)c1. The molecule has 0 radical (unpaired) electrons. The predicted molar refractivity (Wildman–Crippen MR) is 79.5 cm³/mol. The van der Waals surface area contributed by atoms with E-state index in [1.54, 1.807) is 11.0 Å². The molecule has 1 fully saturated rings. The number of hydrogen-bond donors (Lipinski definition) is 2. The van der Waals surface area contributed by atoms with Crippen LogP contribution in [0.1, 0.15) is 32.6 Å². The van der Waals surface area contributed by atoms with Gasteiger partial charge in [0.25, 0.3) is 0 Å². The monoisotopic (exact) mass is 275 g/mol. The Bertz CT molecular complexity index is 502. The van der Waals surface area contributed by atoms with E-state index in [-0.39, 0.29) is 11.8 Å². The molecule has 0 aliphatic carbocycles. The quantitative estimate of drug-likeness (QED) is 0.861. The Balaban J connectivity index is 2.06. The predicted octanol–water partition coefficient (Wildman–Crippen LogP) is 1.88. The van der Waals surface area contributed by atoms with Gasteiger partial charge in [0.2, 0.25) is 11.8 Å². The molecule has 0 saturated carbocycles. The van der Waals surface area contributed by atoms with Crippen molar-refractivity contribution < 1.29 is 9.59 Å². The molecule has 5 heteroatoms. The molecule has 0 unspecified atom stereocenters. The number of carbonyl (C=O) groups is 2. The zero-order chi connectivity index (χ0) is 14.5. The lowest BCUT2D eigenvalue weighted by Crippen LogP contribution is -2.35. The third-order valence-corrected chi connectivity index (χ3v) is 3.44. The molecular formula is C15H21N3O2. The summed E-state index contributed by atoms with van der Waals surface area (Å²) in [6.45, 7) is 2.73. The number of amides is 2. The average molecular weight is 275 g/mol. The van der Waals surface area contributed by atoms with Crippen molar-refractivity contribution in [1.82, 2.24) is 0 Å². The molecule has 108 valence electrons. The largest absolute Gasteiger partial charge is 0.325 e. The summed E-state index contributed by atoms with van der Waals surface area (Å²) in [4.78, 5) is 25.4. The van der Waals surface area contributed by atoms with Crippen molar-refractivity contribution in [3.63, 3.8) is 0 Å². The molecule has 1 aromatic carbocycles. The Kier molecular flexibility index (Phi) is 4.74. The van der Waals surface area contributed by atoms with Crippen molar-refractivity contribution in [3.05, 3.63) is 24.3 Å². The Morgan fingerprint density at radius 3 is 2.95 bits per heavy atom. The topological polar surface area (TPSA) is 75.4 Å². The van der Waals surface area contributed by atoms with Crippen LogP contribution in [-0.2, 0) is 9.59 Å². The third-order valence-electron chi connectivity index (χ3n) is 3.44. The lowest BCUT2D eigenvalue weighted by Gasteiger charge is -2.17. The van der Waals surface area contributed by atoms with Gasteiger partial charge in [-0.05, 0) is 31.0 Å². The standard InChI is InChI=1S/C15H21N3O2/c1-2-5-13(16)15(20)17-11-6-3-7-12(10-11)18-9-4-8-14(18)19/h3,6-7,10,13H,2,4-5,8-9,16H2,1H3,(H,17,20)/t13-/m1/s1. The van der Waals surface area contributed by atoms with Crippen LogP contribution in [0.2, 0.25) is 0 Å². The Morgan fingerprint density at radius 1 is 1.50 bits per heavy atom. The van der Waals surface area contributed by atoms with Gasteiger partial charge >= 0.3 is 0 Å². The van der Waals surface area contributed by atoms with E-state index >= 15 is 0 Å². The number of nitrogens with two attached hydrogens (primary N) is 1. The summed E-state index contributed by atoms with van der Waals surface area (Å²) in [7, 11) is 0. The van der Waals surface area contributed by atoms with Gasteiger partial charge in [0, 0.05) is 24.3 Å². The van der Waals surface area contributed by atoms with Crippen molar-refractivity contribution in [2.75, 3.05) is 16.8 Å². The molecule has 1 aliphatic rings. The molecule has 2 rings (SSSR count). The second-order valence-electron chi connectivity index (χ2n) is 5.08. The van der Waals surface area contributed by atoms with Crippen molar-refractivity contribution in [1.29, 1.82) is 0 Å². The number of carbonyl (C=O) groups excluding carboxylic acids is 2. The summed E-state index contributed by atoms with van der Waals surface area (Å²) in [5.74, 6) is -0.0482. The molecule has 0 bridgehead atoms. The van der Waals surface area contributed by atoms with E-state index < -0.39 is 6.04 Å². The first kappa shape index (κ1) is 14.5. The summed E-state index contributed by atoms with van der Waals surface area (Å²) in [6.07, 6.45) is 3.02. The molecule has 20 heavy (non-hydrogen) atoms. The average Bonchev–Trinajstić information content (AvgIpc) is 2.85. The fourth-order valence-electron chi connectivity index (χ4n) is 2.35. The lowest BCUT2D eigenvalue weighted by molar-refractivity contribution is -0.118. The molecule has 1 heterocycles. The first-order valence-electron chi connectivity index (χ1n) is 7.08. The minimum Gasteiger partial charge on any atom is -0.325 e. The van der Waals surface area contributed by atoms with Gasteiger partial charge in [-0.15, -0.1) is 0 Å². The highest BCUT2D eigenvalue weighted by molar-refractivity contribution is 5.98. The molecule has 3 N–H and O–H groups in total. The highest BCUT2D eigenvalue weighted by atomic mass is 16.2. The summed E-state index contributed by atoms with van der Waals surface area (Å²) < 4.78 is 0. The summed E-state index contributed by atoms with van der Waals surface area (Å²) in [5, 5.41) is 2.80. The summed E-state index contributed by atoms with van der Waals surface area (Å²) in [5.41, 5.74) is 7.29. The molecule has 5 nitrogen and oxygen atoms in total. The number of anilines is 2. The fraction of sp³-hybridized carbons (Fsp3) is 0.467. The summed E-state index contributed by atoms with van der Waals surface area (Å²) in [6, 6.07) is 6.85. The molecular weight excluding hydrogens is 254 g/mol. The van der Waals surface area contributed by atoms with Crippen molar-refractivity contribution in [2.45, 2.75) is 38.6 Å². The normalized spacial score (nSPS) is 16.3. The number of rotatable bonds is 5. The maximum Gasteiger partial charge on any atom is 0.241 e. The molecule has 1 aliphatic heterocycles. The number of benzene rings is 1. The van der Waals surface area contributed by atoms with Crippen LogP contribution in [0.15, 0.2) is 24.3 Å². The molecule has 1 aromatic rings. The van der Waals surface area contributed by atoms with Gasteiger partial charge in [-0.3, -0.25) is 9.59 Å². The first-order chi connectivity index (χ1) is 9.61. The first-order valence-corrected chi connectivity index (χ1v) is 7.08. The van der Waals surface area contributed by atoms with E-state index in [4.69, 9.17) is 5.73 Å². The molecule has 2 amide bonds. The minimum atomic E-state index is -0.489. The Hall–Kier alpha value is -1.88. The van der Waals surface area contributed by atoms with Crippen LogP contribution in [0.25, 0.3) is 0 Å². The number of hydrogen-bond acceptors (Lipinski definition) is 3. The van der Waals surface area contributed by atoms with E-state index in [1.807, 2.05) is 25.1 Å². The lowest BCUT2D eigenvalue weighted by atomic mass is 10.1. The number of nitrogens with zero attached hydrogens (tertiary/aromatic N) is 1. The molecule has 1 atom stereocenters. The van der Waals surface area contributed by atoms with Gasteiger partial charge in [0.15, 0.2) is 0 Å². The van der Waals surface area contributed by atoms with Gasteiger partial charge in [-0.1, -0.05) is 19.4 Å². The molecule has 1 saturated heterocycles. The van der Waals surface area contributed by atoms with Gasteiger partial charge in [-0.2, -0.15) is 0 Å². The van der Waals surface area contributed by atoms with E-state index in [0.717, 1.165) is 25.1 Å². The minimum absolute atomic E-state index is 0.135. The van der Waals surface area contributed by atoms with Crippen LogP contribution in [0.4, 0.5) is 11.4 Å². The van der Waals surface area contributed by atoms with Crippen LogP contribution >= 0.6 is 0 Å². The van der Waals surface area contributed by atoms with E-state index in [2.05, 4.69) is 5.32 Å². The summed E-state index contributed by atoms with van der Waals surface area (Å²) >= 11 is 0. The maximum atomic E-state index is 11.9. The Morgan fingerprint density at radius 2 is 2.30 bits per heavy atom. The smallest absolute Gasteiger partial charge is 0.241 e. The molecule has 0 aromatic heterocycles. The third kappa shape index (κ3) is 3.36. The van der Waals surface area contributed by atoms with E-state index in [9.17, 15) is 9.59 Å². The van der Waals surface area contributed by atoms with Crippen molar-refractivity contribution >= 4 is 23.2 Å². The molecule has 0 spiro atoms. The second-order valence-corrected chi connectivity index (χ2v) is 5.08. The maximum absolute atomic E-state index is 11.9. The highest BCUT2D eigenvalue weighted by Gasteiger charge is 2.22. The van der Waals surface area contributed by atoms with Crippen molar-refractivity contribution in [3.8, 4) is 0 Å².